The Morgan fingerprint density at radius 3 is 2.30 bits per heavy atom. The summed E-state index contributed by atoms with van der Waals surface area (Å²) in [5.74, 6) is -2.85. The summed E-state index contributed by atoms with van der Waals surface area (Å²) in [5, 5.41) is 3.30. The summed E-state index contributed by atoms with van der Waals surface area (Å²) in [7, 11) is 0. The molecular formula is C14H8F3NO2. The fourth-order valence-electron chi connectivity index (χ4n) is 1.38. The summed E-state index contributed by atoms with van der Waals surface area (Å²) in [6.45, 7) is 0. The maximum absolute atomic E-state index is 13.2. The van der Waals surface area contributed by atoms with Gasteiger partial charge in [0.05, 0.1) is 11.8 Å². The normalized spacial score (nSPS) is 10.8. The van der Waals surface area contributed by atoms with Crippen LogP contribution in [0.4, 0.5) is 13.2 Å². The largest absolute Gasteiger partial charge is 0.365 e. The summed E-state index contributed by atoms with van der Waals surface area (Å²) in [4.78, 5) is 16.0. The highest BCUT2D eigenvalue weighted by Gasteiger charge is 2.07. The lowest BCUT2D eigenvalue weighted by atomic mass is 10.2. The first kappa shape index (κ1) is 13.8. The lowest BCUT2D eigenvalue weighted by Gasteiger charge is -1.98. The second-order valence-corrected chi connectivity index (χ2v) is 3.79. The van der Waals surface area contributed by atoms with Gasteiger partial charge in [-0.1, -0.05) is 5.16 Å². The zero-order valence-corrected chi connectivity index (χ0v) is 10.0. The summed E-state index contributed by atoms with van der Waals surface area (Å²) < 4.78 is 38.5. The lowest BCUT2D eigenvalue weighted by Crippen LogP contribution is -2.01. The van der Waals surface area contributed by atoms with Gasteiger partial charge < -0.3 is 4.84 Å². The maximum atomic E-state index is 13.2. The Morgan fingerprint density at radius 2 is 1.65 bits per heavy atom. The predicted octanol–water partition coefficient (Wildman–Crippen LogP) is 3.29. The summed E-state index contributed by atoms with van der Waals surface area (Å²) >= 11 is 0. The van der Waals surface area contributed by atoms with Crippen LogP contribution in [-0.4, -0.2) is 12.2 Å². The molecule has 102 valence electrons. The zero-order chi connectivity index (χ0) is 14.5. The van der Waals surface area contributed by atoms with Crippen molar-refractivity contribution in [2.45, 2.75) is 0 Å². The van der Waals surface area contributed by atoms with E-state index in [0.717, 1.165) is 30.5 Å². The minimum atomic E-state index is -0.827. The van der Waals surface area contributed by atoms with Gasteiger partial charge >= 0.3 is 5.97 Å². The smallest absolute Gasteiger partial charge is 0.313 e. The number of oxime groups is 1. The molecule has 3 nitrogen and oxygen atoms in total. The molecule has 0 radical (unpaired) electrons. The lowest BCUT2D eigenvalue weighted by molar-refractivity contribution is 0.0519. The van der Waals surface area contributed by atoms with Crippen molar-refractivity contribution in [3.63, 3.8) is 0 Å². The third-order valence-electron chi connectivity index (χ3n) is 2.37. The highest BCUT2D eigenvalue weighted by Crippen LogP contribution is 2.08. The number of carbonyl (C=O) groups excluding carboxylic acids is 1. The first-order valence-corrected chi connectivity index (χ1v) is 5.51. The van der Waals surface area contributed by atoms with Crippen molar-refractivity contribution in [1.29, 1.82) is 0 Å². The van der Waals surface area contributed by atoms with Crippen LogP contribution in [0.1, 0.15) is 15.9 Å². The number of carbonyl (C=O) groups is 1. The molecule has 0 unspecified atom stereocenters. The first-order valence-electron chi connectivity index (χ1n) is 5.51. The number of nitrogens with zero attached hydrogens (tertiary/aromatic N) is 1. The van der Waals surface area contributed by atoms with Crippen LogP contribution in [-0.2, 0) is 4.84 Å². The SMILES string of the molecule is O=C(ON=Cc1ccc(F)cc1F)c1ccc(F)cc1. The van der Waals surface area contributed by atoms with E-state index in [2.05, 4.69) is 9.99 Å². The van der Waals surface area contributed by atoms with Crippen molar-refractivity contribution in [3.8, 4) is 0 Å². The molecule has 0 saturated carbocycles. The third-order valence-corrected chi connectivity index (χ3v) is 2.37. The fourth-order valence-corrected chi connectivity index (χ4v) is 1.38. The van der Waals surface area contributed by atoms with Crippen LogP contribution < -0.4 is 0 Å². The fraction of sp³-hybridized carbons (Fsp3) is 0. The van der Waals surface area contributed by atoms with Gasteiger partial charge in [0.25, 0.3) is 0 Å². The molecular weight excluding hydrogens is 271 g/mol. The number of hydrogen-bond donors (Lipinski definition) is 0. The van der Waals surface area contributed by atoms with Gasteiger partial charge in [-0.05, 0) is 36.4 Å². The van der Waals surface area contributed by atoms with Crippen LogP contribution in [0.3, 0.4) is 0 Å². The van der Waals surface area contributed by atoms with Crippen LogP contribution in [0.25, 0.3) is 0 Å². The number of benzene rings is 2. The number of rotatable bonds is 3. The quantitative estimate of drug-likeness (QED) is 0.491. The minimum Gasteiger partial charge on any atom is -0.313 e. The van der Waals surface area contributed by atoms with Gasteiger partial charge in [-0.15, -0.1) is 0 Å². The zero-order valence-electron chi connectivity index (χ0n) is 10.0. The van der Waals surface area contributed by atoms with E-state index in [9.17, 15) is 18.0 Å². The van der Waals surface area contributed by atoms with Gasteiger partial charge in [-0.2, -0.15) is 0 Å². The minimum absolute atomic E-state index is 0.0293. The summed E-state index contributed by atoms with van der Waals surface area (Å²) in [6.07, 6.45) is 0.941. The van der Waals surface area contributed by atoms with Crippen molar-refractivity contribution in [3.05, 3.63) is 71.0 Å². The van der Waals surface area contributed by atoms with Crippen LogP contribution in [0.15, 0.2) is 47.6 Å². The van der Waals surface area contributed by atoms with Gasteiger partial charge in [-0.25, -0.2) is 18.0 Å². The Bertz CT molecular complexity index is 654. The van der Waals surface area contributed by atoms with E-state index in [4.69, 9.17) is 0 Å². The average Bonchev–Trinajstić information content (AvgIpc) is 2.42. The molecule has 0 aliphatic carbocycles. The molecule has 0 aliphatic heterocycles. The Labute approximate surface area is 112 Å². The van der Waals surface area contributed by atoms with E-state index in [1.54, 1.807) is 0 Å². The van der Waals surface area contributed by atoms with E-state index in [1.165, 1.54) is 12.1 Å². The van der Waals surface area contributed by atoms with Crippen LogP contribution >= 0.6 is 0 Å². The number of hydrogen-bond acceptors (Lipinski definition) is 3. The Kier molecular flexibility index (Phi) is 4.14. The van der Waals surface area contributed by atoms with Crippen molar-refractivity contribution in [2.24, 2.45) is 5.16 Å². The van der Waals surface area contributed by atoms with E-state index in [1.807, 2.05) is 0 Å². The molecule has 0 N–H and O–H groups in total. The molecule has 2 rings (SSSR count). The third kappa shape index (κ3) is 3.44. The van der Waals surface area contributed by atoms with Gasteiger partial charge in [0.1, 0.15) is 17.5 Å². The van der Waals surface area contributed by atoms with Crippen LogP contribution in [0.2, 0.25) is 0 Å². The highest BCUT2D eigenvalue weighted by molar-refractivity contribution is 5.90. The molecule has 0 amide bonds. The molecule has 0 bridgehead atoms. The van der Waals surface area contributed by atoms with Crippen molar-refractivity contribution >= 4 is 12.2 Å². The Morgan fingerprint density at radius 1 is 1.00 bits per heavy atom. The molecule has 0 aliphatic rings. The molecule has 2 aromatic rings. The highest BCUT2D eigenvalue weighted by atomic mass is 19.1. The van der Waals surface area contributed by atoms with E-state index < -0.39 is 23.4 Å². The van der Waals surface area contributed by atoms with Crippen LogP contribution in [0.5, 0.6) is 0 Å². The maximum Gasteiger partial charge on any atom is 0.365 e. The monoisotopic (exact) mass is 279 g/mol. The van der Waals surface area contributed by atoms with E-state index >= 15 is 0 Å². The topological polar surface area (TPSA) is 38.7 Å². The van der Waals surface area contributed by atoms with Gasteiger partial charge in [0.15, 0.2) is 0 Å². The molecule has 0 saturated heterocycles. The van der Waals surface area contributed by atoms with E-state index in [-0.39, 0.29) is 11.1 Å². The average molecular weight is 279 g/mol. The molecule has 2 aromatic carbocycles. The molecule has 0 spiro atoms. The van der Waals surface area contributed by atoms with Crippen molar-refractivity contribution in [1.82, 2.24) is 0 Å². The standard InChI is InChI=1S/C14H8F3NO2/c15-11-4-1-9(2-5-11)14(19)20-18-8-10-3-6-12(16)7-13(10)17/h1-8H. The predicted molar refractivity (Wildman–Crippen MR) is 65.8 cm³/mol. The van der Waals surface area contributed by atoms with Gasteiger partial charge in [0, 0.05) is 11.6 Å². The molecule has 0 atom stereocenters. The molecule has 0 fully saturated rings. The molecule has 20 heavy (non-hydrogen) atoms. The first-order chi connectivity index (χ1) is 9.56. The van der Waals surface area contributed by atoms with Gasteiger partial charge in [0.2, 0.25) is 0 Å². The summed E-state index contributed by atoms with van der Waals surface area (Å²) in [5.41, 5.74) is 0.0708. The van der Waals surface area contributed by atoms with Crippen molar-refractivity contribution in [2.75, 3.05) is 0 Å². The van der Waals surface area contributed by atoms with Gasteiger partial charge in [-0.3, -0.25) is 0 Å². The Balaban J connectivity index is 2.02. The van der Waals surface area contributed by atoms with Crippen LogP contribution in [0, 0.1) is 17.5 Å². The molecule has 6 heteroatoms. The molecule has 0 heterocycles. The second kappa shape index (κ2) is 6.01. The second-order valence-electron chi connectivity index (χ2n) is 3.79. The van der Waals surface area contributed by atoms with Crippen molar-refractivity contribution < 1.29 is 22.8 Å². The Hall–Kier alpha value is -2.63. The van der Waals surface area contributed by atoms with E-state index in [0.29, 0.717) is 6.07 Å². The number of halogens is 3. The summed E-state index contributed by atoms with van der Waals surface area (Å²) in [6, 6.07) is 7.53. The molecule has 0 aromatic heterocycles.